The van der Waals surface area contributed by atoms with Crippen molar-refractivity contribution in [2.24, 2.45) is 0 Å². The highest BCUT2D eigenvalue weighted by molar-refractivity contribution is 5.30. The van der Waals surface area contributed by atoms with Crippen LogP contribution < -0.4 is 10.1 Å². The first kappa shape index (κ1) is 13.1. The molecular weight excluding hydrogens is 248 g/mol. The van der Waals surface area contributed by atoms with Crippen molar-refractivity contribution >= 4 is 0 Å². The van der Waals surface area contributed by atoms with Gasteiger partial charge in [-0.15, -0.1) is 0 Å². The summed E-state index contributed by atoms with van der Waals surface area (Å²) in [5.74, 6) is 0.979. The standard InChI is InChI=1S/C17H20N2O/c1-18-17(11-13-3-2-10-19-12-13)14-4-6-15(7-5-14)20-16-8-9-16/h2-7,10,12,16-18H,8-9,11H2,1H3. The highest BCUT2D eigenvalue weighted by atomic mass is 16.5. The van der Waals surface area contributed by atoms with Crippen LogP contribution in [0.15, 0.2) is 48.8 Å². The van der Waals surface area contributed by atoms with Crippen LogP contribution in [0.1, 0.15) is 30.0 Å². The summed E-state index contributed by atoms with van der Waals surface area (Å²) < 4.78 is 5.78. The van der Waals surface area contributed by atoms with Crippen molar-refractivity contribution in [1.29, 1.82) is 0 Å². The summed E-state index contributed by atoms with van der Waals surface area (Å²) in [6.45, 7) is 0. The number of ether oxygens (including phenoxy) is 1. The Kier molecular flexibility index (Phi) is 3.97. The Labute approximate surface area is 120 Å². The van der Waals surface area contributed by atoms with E-state index < -0.39 is 0 Å². The van der Waals surface area contributed by atoms with E-state index in [1.165, 1.54) is 24.0 Å². The first-order chi connectivity index (χ1) is 9.85. The number of rotatable bonds is 6. The molecule has 1 aliphatic rings. The minimum absolute atomic E-state index is 0.300. The molecular formula is C17H20N2O. The van der Waals surface area contributed by atoms with Crippen LogP contribution in [0, 0.1) is 0 Å². The fraction of sp³-hybridized carbons (Fsp3) is 0.353. The highest BCUT2D eigenvalue weighted by Crippen LogP contribution is 2.28. The zero-order valence-electron chi connectivity index (χ0n) is 11.8. The molecule has 20 heavy (non-hydrogen) atoms. The van der Waals surface area contributed by atoms with Crippen LogP contribution in [0.25, 0.3) is 0 Å². The molecule has 1 aliphatic carbocycles. The third kappa shape index (κ3) is 3.36. The molecule has 0 amide bonds. The molecule has 1 fully saturated rings. The van der Waals surface area contributed by atoms with Crippen LogP contribution in [-0.2, 0) is 6.42 Å². The normalized spacial score (nSPS) is 15.8. The van der Waals surface area contributed by atoms with Gasteiger partial charge in [0.15, 0.2) is 0 Å². The van der Waals surface area contributed by atoms with E-state index in [1.54, 1.807) is 0 Å². The van der Waals surface area contributed by atoms with Gasteiger partial charge < -0.3 is 10.1 Å². The van der Waals surface area contributed by atoms with E-state index in [1.807, 2.05) is 25.5 Å². The lowest BCUT2D eigenvalue weighted by atomic mass is 10.00. The average Bonchev–Trinajstić information content (AvgIpc) is 3.31. The van der Waals surface area contributed by atoms with E-state index in [9.17, 15) is 0 Å². The van der Waals surface area contributed by atoms with Gasteiger partial charge in [-0.3, -0.25) is 4.98 Å². The first-order valence-corrected chi connectivity index (χ1v) is 7.18. The van der Waals surface area contributed by atoms with Crippen LogP contribution in [0.2, 0.25) is 0 Å². The molecule has 1 N–H and O–H groups in total. The molecule has 3 heteroatoms. The molecule has 1 aromatic heterocycles. The number of nitrogens with zero attached hydrogens (tertiary/aromatic N) is 1. The van der Waals surface area contributed by atoms with Gasteiger partial charge in [-0.25, -0.2) is 0 Å². The van der Waals surface area contributed by atoms with Crippen LogP contribution in [0.5, 0.6) is 5.75 Å². The van der Waals surface area contributed by atoms with Crippen LogP contribution in [0.3, 0.4) is 0 Å². The molecule has 3 nitrogen and oxygen atoms in total. The Bertz CT molecular complexity index is 535. The van der Waals surface area contributed by atoms with Gasteiger partial charge in [-0.2, -0.15) is 0 Å². The van der Waals surface area contributed by atoms with E-state index in [0.717, 1.165) is 12.2 Å². The SMILES string of the molecule is CNC(Cc1cccnc1)c1ccc(OC2CC2)cc1. The molecule has 0 saturated heterocycles. The highest BCUT2D eigenvalue weighted by Gasteiger charge is 2.23. The third-order valence-corrected chi connectivity index (χ3v) is 3.62. The predicted molar refractivity (Wildman–Crippen MR) is 79.8 cm³/mol. The summed E-state index contributed by atoms with van der Waals surface area (Å²) in [4.78, 5) is 4.17. The van der Waals surface area contributed by atoms with Gasteiger partial charge in [0, 0.05) is 18.4 Å². The summed E-state index contributed by atoms with van der Waals surface area (Å²) in [5, 5.41) is 3.37. The summed E-state index contributed by atoms with van der Waals surface area (Å²) in [7, 11) is 2.00. The first-order valence-electron chi connectivity index (χ1n) is 7.18. The zero-order chi connectivity index (χ0) is 13.8. The predicted octanol–water partition coefficient (Wildman–Crippen LogP) is 3.13. The van der Waals surface area contributed by atoms with Crippen molar-refractivity contribution in [3.63, 3.8) is 0 Å². The topological polar surface area (TPSA) is 34.2 Å². The Morgan fingerprint density at radius 3 is 2.65 bits per heavy atom. The molecule has 3 rings (SSSR count). The van der Waals surface area contributed by atoms with Crippen molar-refractivity contribution in [2.45, 2.75) is 31.4 Å². The number of hydrogen-bond acceptors (Lipinski definition) is 3. The number of benzene rings is 1. The summed E-state index contributed by atoms with van der Waals surface area (Å²) in [6.07, 6.45) is 7.52. The maximum Gasteiger partial charge on any atom is 0.119 e. The second-order valence-corrected chi connectivity index (χ2v) is 5.29. The van der Waals surface area contributed by atoms with Crippen LogP contribution >= 0.6 is 0 Å². The lowest BCUT2D eigenvalue weighted by Crippen LogP contribution is -2.18. The molecule has 0 bridgehead atoms. The van der Waals surface area contributed by atoms with E-state index in [-0.39, 0.29) is 0 Å². The quantitative estimate of drug-likeness (QED) is 0.874. The Morgan fingerprint density at radius 1 is 1.25 bits per heavy atom. The van der Waals surface area contributed by atoms with E-state index >= 15 is 0 Å². The molecule has 0 spiro atoms. The average molecular weight is 268 g/mol. The zero-order valence-corrected chi connectivity index (χ0v) is 11.8. The lowest BCUT2D eigenvalue weighted by molar-refractivity contribution is 0.303. The second-order valence-electron chi connectivity index (χ2n) is 5.29. The van der Waals surface area contributed by atoms with Gasteiger partial charge in [-0.1, -0.05) is 18.2 Å². The van der Waals surface area contributed by atoms with Gasteiger partial charge in [0.2, 0.25) is 0 Å². The molecule has 1 saturated carbocycles. The number of nitrogens with one attached hydrogen (secondary N) is 1. The lowest BCUT2D eigenvalue weighted by Gasteiger charge is -2.17. The van der Waals surface area contributed by atoms with E-state index in [0.29, 0.717) is 12.1 Å². The Hall–Kier alpha value is -1.87. The van der Waals surface area contributed by atoms with Crippen molar-refractivity contribution < 1.29 is 4.74 Å². The third-order valence-electron chi connectivity index (χ3n) is 3.62. The number of likely N-dealkylation sites (N-methyl/N-ethyl adjacent to an activating group) is 1. The summed E-state index contributed by atoms with van der Waals surface area (Å²) in [6, 6.07) is 12.8. The maximum atomic E-state index is 5.78. The van der Waals surface area contributed by atoms with Gasteiger partial charge in [0.05, 0.1) is 6.10 Å². The molecule has 0 radical (unpaired) electrons. The molecule has 104 valence electrons. The molecule has 0 aliphatic heterocycles. The molecule has 1 heterocycles. The second kappa shape index (κ2) is 6.06. The fourth-order valence-corrected chi connectivity index (χ4v) is 2.30. The van der Waals surface area contributed by atoms with Gasteiger partial charge in [0.1, 0.15) is 5.75 Å². The van der Waals surface area contributed by atoms with Crippen molar-refractivity contribution in [2.75, 3.05) is 7.05 Å². The van der Waals surface area contributed by atoms with Crippen molar-refractivity contribution in [1.82, 2.24) is 10.3 Å². The smallest absolute Gasteiger partial charge is 0.119 e. The summed E-state index contributed by atoms with van der Waals surface area (Å²) >= 11 is 0. The minimum atomic E-state index is 0.300. The summed E-state index contributed by atoms with van der Waals surface area (Å²) in [5.41, 5.74) is 2.52. The van der Waals surface area contributed by atoms with Gasteiger partial charge in [0.25, 0.3) is 0 Å². The van der Waals surface area contributed by atoms with Crippen molar-refractivity contribution in [3.8, 4) is 5.75 Å². The number of hydrogen-bond donors (Lipinski definition) is 1. The minimum Gasteiger partial charge on any atom is -0.490 e. The molecule has 1 unspecified atom stereocenters. The van der Waals surface area contributed by atoms with Crippen LogP contribution in [-0.4, -0.2) is 18.1 Å². The van der Waals surface area contributed by atoms with Crippen LogP contribution in [0.4, 0.5) is 0 Å². The maximum absolute atomic E-state index is 5.78. The molecule has 1 aromatic carbocycles. The number of pyridine rings is 1. The largest absolute Gasteiger partial charge is 0.490 e. The van der Waals surface area contributed by atoms with E-state index in [4.69, 9.17) is 4.74 Å². The monoisotopic (exact) mass is 268 g/mol. The Balaban J connectivity index is 1.68. The molecule has 2 aromatic rings. The molecule has 1 atom stereocenters. The van der Waals surface area contributed by atoms with Crippen molar-refractivity contribution in [3.05, 3.63) is 59.9 Å². The number of aromatic nitrogens is 1. The van der Waals surface area contributed by atoms with Gasteiger partial charge >= 0.3 is 0 Å². The van der Waals surface area contributed by atoms with Gasteiger partial charge in [-0.05, 0) is 55.6 Å². The Morgan fingerprint density at radius 2 is 2.05 bits per heavy atom. The fourth-order valence-electron chi connectivity index (χ4n) is 2.30. The van der Waals surface area contributed by atoms with E-state index in [2.05, 4.69) is 40.6 Å².